The summed E-state index contributed by atoms with van der Waals surface area (Å²) in [6, 6.07) is 11.1. The number of hydrogen-bond acceptors (Lipinski definition) is 3. The summed E-state index contributed by atoms with van der Waals surface area (Å²) in [5.74, 6) is -0.550. The Morgan fingerprint density at radius 2 is 2.04 bits per heavy atom. The summed E-state index contributed by atoms with van der Waals surface area (Å²) in [4.78, 5) is 14.6. The third kappa shape index (κ3) is 3.80. The van der Waals surface area contributed by atoms with Gasteiger partial charge in [0.2, 0.25) is 0 Å². The number of rotatable bonds is 7. The SMILES string of the molecule is COc1ccc(CCN[C@H](C(=O)O)c2c[nH]c3cc(F)ccc23)cc1. The second-order valence-corrected chi connectivity index (χ2v) is 5.76. The van der Waals surface area contributed by atoms with Gasteiger partial charge in [0, 0.05) is 29.2 Å². The number of H-pyrrole nitrogens is 1. The molecule has 130 valence electrons. The van der Waals surface area contributed by atoms with Gasteiger partial charge in [0.05, 0.1) is 7.11 Å². The van der Waals surface area contributed by atoms with Gasteiger partial charge in [0.1, 0.15) is 17.6 Å². The molecule has 0 saturated carbocycles. The first-order chi connectivity index (χ1) is 12.1. The highest BCUT2D eigenvalue weighted by Crippen LogP contribution is 2.25. The zero-order valence-corrected chi connectivity index (χ0v) is 13.8. The highest BCUT2D eigenvalue weighted by atomic mass is 19.1. The van der Waals surface area contributed by atoms with E-state index in [0.29, 0.717) is 29.4 Å². The number of benzene rings is 2. The maximum Gasteiger partial charge on any atom is 0.325 e. The van der Waals surface area contributed by atoms with Gasteiger partial charge in [0.25, 0.3) is 0 Å². The molecule has 0 fully saturated rings. The van der Waals surface area contributed by atoms with Crippen LogP contribution >= 0.6 is 0 Å². The van der Waals surface area contributed by atoms with Crippen LogP contribution in [0.3, 0.4) is 0 Å². The predicted octanol–water partition coefficient (Wildman–Crippen LogP) is 3.27. The first kappa shape index (κ1) is 17.0. The molecule has 0 saturated heterocycles. The molecule has 3 N–H and O–H groups in total. The molecule has 0 amide bonds. The summed E-state index contributed by atoms with van der Waals surface area (Å²) >= 11 is 0. The molecule has 3 aromatic rings. The number of aromatic amines is 1. The summed E-state index contributed by atoms with van der Waals surface area (Å²) < 4.78 is 18.4. The van der Waals surface area contributed by atoms with Gasteiger partial charge in [-0.2, -0.15) is 0 Å². The highest BCUT2D eigenvalue weighted by molar-refractivity contribution is 5.89. The average molecular weight is 342 g/mol. The van der Waals surface area contributed by atoms with Crippen LogP contribution in [0.25, 0.3) is 10.9 Å². The second kappa shape index (κ2) is 7.36. The predicted molar refractivity (Wildman–Crippen MR) is 93.3 cm³/mol. The number of hydrogen-bond donors (Lipinski definition) is 3. The third-order valence-corrected chi connectivity index (χ3v) is 4.15. The Bertz CT molecular complexity index is 874. The van der Waals surface area contributed by atoms with Crippen LogP contribution in [0.1, 0.15) is 17.2 Å². The van der Waals surface area contributed by atoms with E-state index in [4.69, 9.17) is 4.74 Å². The van der Waals surface area contributed by atoms with Crippen molar-refractivity contribution in [3.05, 3.63) is 65.6 Å². The lowest BCUT2D eigenvalue weighted by Gasteiger charge is -2.14. The van der Waals surface area contributed by atoms with Crippen molar-refractivity contribution in [1.82, 2.24) is 10.3 Å². The zero-order valence-electron chi connectivity index (χ0n) is 13.8. The number of aliphatic carboxylic acids is 1. The van der Waals surface area contributed by atoms with E-state index in [1.807, 2.05) is 24.3 Å². The lowest BCUT2D eigenvalue weighted by molar-refractivity contribution is -0.139. The molecule has 5 nitrogen and oxygen atoms in total. The average Bonchev–Trinajstić information content (AvgIpc) is 3.01. The summed E-state index contributed by atoms with van der Waals surface area (Å²) in [7, 11) is 1.61. The van der Waals surface area contributed by atoms with Crippen LogP contribution < -0.4 is 10.1 Å². The number of aromatic nitrogens is 1. The fraction of sp³-hybridized carbons (Fsp3) is 0.211. The van der Waals surface area contributed by atoms with Crippen molar-refractivity contribution in [2.45, 2.75) is 12.5 Å². The summed E-state index contributed by atoms with van der Waals surface area (Å²) in [5.41, 5.74) is 2.26. The van der Waals surface area contributed by atoms with Crippen LogP contribution in [-0.4, -0.2) is 29.7 Å². The molecular formula is C19H19FN2O3. The van der Waals surface area contributed by atoms with Gasteiger partial charge in [-0.05, 0) is 42.3 Å². The molecule has 0 bridgehead atoms. The monoisotopic (exact) mass is 342 g/mol. The number of carboxylic acids is 1. The molecule has 3 rings (SSSR count). The molecule has 0 aliphatic carbocycles. The molecule has 1 heterocycles. The molecule has 0 aliphatic heterocycles. The fourth-order valence-corrected chi connectivity index (χ4v) is 2.84. The van der Waals surface area contributed by atoms with E-state index in [2.05, 4.69) is 10.3 Å². The Balaban J connectivity index is 1.71. The minimum Gasteiger partial charge on any atom is -0.497 e. The molecule has 6 heteroatoms. The van der Waals surface area contributed by atoms with E-state index >= 15 is 0 Å². The summed E-state index contributed by atoms with van der Waals surface area (Å²) in [6.45, 7) is 0.497. The van der Waals surface area contributed by atoms with Gasteiger partial charge in [-0.3, -0.25) is 4.79 Å². The van der Waals surface area contributed by atoms with Crippen molar-refractivity contribution in [1.29, 1.82) is 0 Å². The normalized spacial score (nSPS) is 12.2. The van der Waals surface area contributed by atoms with E-state index in [1.54, 1.807) is 19.4 Å². The van der Waals surface area contributed by atoms with Crippen LogP contribution in [0.4, 0.5) is 4.39 Å². The summed E-state index contributed by atoms with van der Waals surface area (Å²) in [5, 5.41) is 13.3. The maximum absolute atomic E-state index is 13.3. The first-order valence-corrected chi connectivity index (χ1v) is 7.94. The minimum atomic E-state index is -0.972. The van der Waals surface area contributed by atoms with Crippen LogP contribution in [0, 0.1) is 5.82 Å². The number of halogens is 1. The minimum absolute atomic E-state index is 0.361. The number of ether oxygens (including phenoxy) is 1. The van der Waals surface area contributed by atoms with Crippen molar-refractivity contribution >= 4 is 16.9 Å². The highest BCUT2D eigenvalue weighted by Gasteiger charge is 2.22. The number of fused-ring (bicyclic) bond motifs is 1. The van der Waals surface area contributed by atoms with Crippen LogP contribution in [0.5, 0.6) is 5.75 Å². The van der Waals surface area contributed by atoms with Crippen molar-refractivity contribution in [2.24, 2.45) is 0 Å². The van der Waals surface area contributed by atoms with Gasteiger partial charge >= 0.3 is 5.97 Å². The number of carboxylic acid groups (broad SMARTS) is 1. The van der Waals surface area contributed by atoms with Gasteiger partial charge in [-0.1, -0.05) is 12.1 Å². The molecule has 1 aromatic heterocycles. The van der Waals surface area contributed by atoms with E-state index < -0.39 is 12.0 Å². The number of methoxy groups -OCH3 is 1. The number of nitrogens with one attached hydrogen (secondary N) is 2. The van der Waals surface area contributed by atoms with Crippen molar-refractivity contribution in [3.8, 4) is 5.75 Å². The molecule has 1 atom stereocenters. The van der Waals surface area contributed by atoms with Gasteiger partial charge in [0.15, 0.2) is 0 Å². The number of carbonyl (C=O) groups is 1. The molecule has 0 spiro atoms. The van der Waals surface area contributed by atoms with Crippen molar-refractivity contribution in [3.63, 3.8) is 0 Å². The lowest BCUT2D eigenvalue weighted by Crippen LogP contribution is -2.30. The lowest BCUT2D eigenvalue weighted by atomic mass is 10.1. The maximum atomic E-state index is 13.3. The molecule has 2 aromatic carbocycles. The van der Waals surface area contributed by atoms with Crippen molar-refractivity contribution < 1.29 is 19.0 Å². The second-order valence-electron chi connectivity index (χ2n) is 5.76. The van der Waals surface area contributed by atoms with E-state index in [-0.39, 0.29) is 5.82 Å². The van der Waals surface area contributed by atoms with E-state index in [0.717, 1.165) is 11.3 Å². The largest absolute Gasteiger partial charge is 0.497 e. The van der Waals surface area contributed by atoms with E-state index in [1.165, 1.54) is 12.1 Å². The Kier molecular flexibility index (Phi) is 5.00. The molecule has 0 radical (unpaired) electrons. The Morgan fingerprint density at radius 3 is 2.72 bits per heavy atom. The third-order valence-electron chi connectivity index (χ3n) is 4.15. The smallest absolute Gasteiger partial charge is 0.325 e. The van der Waals surface area contributed by atoms with Gasteiger partial charge < -0.3 is 20.1 Å². The standard InChI is InChI=1S/C19H19FN2O3/c1-25-14-5-2-12(3-6-14)8-9-21-18(19(23)24)16-11-22-17-10-13(20)4-7-15(16)17/h2-7,10-11,18,21-22H,8-9H2,1H3,(H,23,24)/t18-/m0/s1. The van der Waals surface area contributed by atoms with Gasteiger partial charge in [-0.15, -0.1) is 0 Å². The topological polar surface area (TPSA) is 74.3 Å². The van der Waals surface area contributed by atoms with Gasteiger partial charge in [-0.25, -0.2) is 4.39 Å². The fourth-order valence-electron chi connectivity index (χ4n) is 2.84. The van der Waals surface area contributed by atoms with Crippen molar-refractivity contribution in [2.75, 3.05) is 13.7 Å². The molecule has 0 aliphatic rings. The van der Waals surface area contributed by atoms with E-state index in [9.17, 15) is 14.3 Å². The Morgan fingerprint density at radius 1 is 1.28 bits per heavy atom. The Labute approximate surface area is 144 Å². The quantitative estimate of drug-likeness (QED) is 0.616. The Hall–Kier alpha value is -2.86. The molecule has 0 unspecified atom stereocenters. The summed E-state index contributed by atoms with van der Waals surface area (Å²) in [6.07, 6.45) is 2.30. The zero-order chi connectivity index (χ0) is 17.8. The first-order valence-electron chi connectivity index (χ1n) is 7.94. The molecule has 25 heavy (non-hydrogen) atoms. The van der Waals surface area contributed by atoms with Crippen LogP contribution in [0.2, 0.25) is 0 Å². The van der Waals surface area contributed by atoms with Crippen LogP contribution in [0.15, 0.2) is 48.7 Å². The molecular weight excluding hydrogens is 323 g/mol. The van der Waals surface area contributed by atoms with Crippen LogP contribution in [-0.2, 0) is 11.2 Å².